The van der Waals surface area contributed by atoms with Crippen LogP contribution in [0.4, 0.5) is 5.82 Å². The second kappa shape index (κ2) is 6.33. The molecule has 1 fully saturated rings. The van der Waals surface area contributed by atoms with Gasteiger partial charge >= 0.3 is 0 Å². The van der Waals surface area contributed by atoms with Crippen molar-refractivity contribution in [3.8, 4) is 17.0 Å². The standard InChI is InChI=1S/C18H18N4O2S/c1-10(12-7-17(23)20-8-12)24-15-6-11(5-14-18(15)25-9-21-14)13-3-2-4-16(19)22-13/h2-6,9-10,12H,7-8H2,1H3,(H2,19,22)(H,20,23). The molecule has 0 spiro atoms. The van der Waals surface area contributed by atoms with Crippen LogP contribution >= 0.6 is 11.3 Å². The highest BCUT2D eigenvalue weighted by molar-refractivity contribution is 7.17. The third kappa shape index (κ3) is 3.15. The summed E-state index contributed by atoms with van der Waals surface area (Å²) < 4.78 is 7.23. The maximum absolute atomic E-state index is 11.5. The Morgan fingerprint density at radius 3 is 3.04 bits per heavy atom. The van der Waals surface area contributed by atoms with Gasteiger partial charge in [0.15, 0.2) is 0 Å². The smallest absolute Gasteiger partial charge is 0.220 e. The fourth-order valence-electron chi connectivity index (χ4n) is 3.04. The second-order valence-corrected chi connectivity index (χ2v) is 7.07. The van der Waals surface area contributed by atoms with Gasteiger partial charge in [-0.3, -0.25) is 4.79 Å². The van der Waals surface area contributed by atoms with Crippen LogP contribution in [0.2, 0.25) is 0 Å². The Labute approximate surface area is 149 Å². The molecule has 1 aliphatic heterocycles. The Hall–Kier alpha value is -2.67. The van der Waals surface area contributed by atoms with E-state index in [1.165, 1.54) is 0 Å². The van der Waals surface area contributed by atoms with Gasteiger partial charge in [-0.2, -0.15) is 0 Å². The fourth-order valence-corrected chi connectivity index (χ4v) is 3.77. The molecule has 2 aromatic heterocycles. The van der Waals surface area contributed by atoms with Crippen molar-refractivity contribution in [3.63, 3.8) is 0 Å². The Kier molecular flexibility index (Phi) is 4.01. The van der Waals surface area contributed by atoms with E-state index in [1.54, 1.807) is 22.9 Å². The van der Waals surface area contributed by atoms with Crippen LogP contribution in [-0.2, 0) is 4.79 Å². The van der Waals surface area contributed by atoms with Gasteiger partial charge in [-0.15, -0.1) is 11.3 Å². The number of hydrogen-bond donors (Lipinski definition) is 2. The van der Waals surface area contributed by atoms with Crippen LogP contribution < -0.4 is 15.8 Å². The number of hydrogen-bond acceptors (Lipinski definition) is 6. The lowest BCUT2D eigenvalue weighted by molar-refractivity contribution is -0.119. The average Bonchev–Trinajstić information content (AvgIpc) is 3.23. The fraction of sp³-hybridized carbons (Fsp3) is 0.278. The molecule has 3 aromatic rings. The number of carbonyl (C=O) groups excluding carboxylic acids is 1. The minimum atomic E-state index is -0.0756. The van der Waals surface area contributed by atoms with Crippen molar-refractivity contribution in [2.24, 2.45) is 5.92 Å². The summed E-state index contributed by atoms with van der Waals surface area (Å²) in [6, 6.07) is 9.52. The van der Waals surface area contributed by atoms with Gasteiger partial charge in [0.05, 0.1) is 21.4 Å². The Balaban J connectivity index is 1.70. The molecular formula is C18H18N4O2S. The molecule has 0 radical (unpaired) electrons. The van der Waals surface area contributed by atoms with E-state index in [-0.39, 0.29) is 17.9 Å². The largest absolute Gasteiger partial charge is 0.489 e. The quantitative estimate of drug-likeness (QED) is 0.752. The first-order valence-electron chi connectivity index (χ1n) is 8.13. The number of ether oxygens (including phenoxy) is 1. The van der Waals surface area contributed by atoms with Crippen molar-refractivity contribution < 1.29 is 9.53 Å². The molecule has 4 rings (SSSR count). The van der Waals surface area contributed by atoms with Gasteiger partial charge in [-0.05, 0) is 31.2 Å². The minimum Gasteiger partial charge on any atom is -0.489 e. The Morgan fingerprint density at radius 2 is 2.28 bits per heavy atom. The SMILES string of the molecule is CC(Oc1cc(-c2cccc(N)n2)cc2ncsc12)C1CNC(=O)C1. The van der Waals surface area contributed by atoms with Gasteiger partial charge in [-0.25, -0.2) is 9.97 Å². The number of aromatic nitrogens is 2. The third-order valence-electron chi connectivity index (χ3n) is 4.45. The van der Waals surface area contributed by atoms with Crippen LogP contribution in [0.3, 0.4) is 0 Å². The highest BCUT2D eigenvalue weighted by atomic mass is 32.1. The number of rotatable bonds is 4. The van der Waals surface area contributed by atoms with E-state index in [0.29, 0.717) is 18.8 Å². The Morgan fingerprint density at radius 1 is 1.40 bits per heavy atom. The van der Waals surface area contributed by atoms with Crippen molar-refractivity contribution in [1.82, 2.24) is 15.3 Å². The van der Waals surface area contributed by atoms with E-state index in [4.69, 9.17) is 10.5 Å². The summed E-state index contributed by atoms with van der Waals surface area (Å²) in [5.41, 5.74) is 10.2. The summed E-state index contributed by atoms with van der Waals surface area (Å²) in [6.45, 7) is 2.66. The lowest BCUT2D eigenvalue weighted by Crippen LogP contribution is -2.25. The first-order valence-corrected chi connectivity index (χ1v) is 9.01. The molecule has 2 unspecified atom stereocenters. The highest BCUT2D eigenvalue weighted by Crippen LogP contribution is 2.35. The predicted octanol–water partition coefficient (Wildman–Crippen LogP) is 2.84. The zero-order chi connectivity index (χ0) is 17.4. The summed E-state index contributed by atoms with van der Waals surface area (Å²) in [6.07, 6.45) is 0.428. The van der Waals surface area contributed by atoms with Gasteiger partial charge in [0.1, 0.15) is 17.7 Å². The maximum atomic E-state index is 11.5. The molecule has 25 heavy (non-hydrogen) atoms. The summed E-state index contributed by atoms with van der Waals surface area (Å²) in [5.74, 6) is 1.50. The maximum Gasteiger partial charge on any atom is 0.220 e. The number of benzene rings is 1. The van der Waals surface area contributed by atoms with Gasteiger partial charge in [0, 0.05) is 24.4 Å². The first-order chi connectivity index (χ1) is 12.1. The molecule has 7 heteroatoms. The molecule has 1 aromatic carbocycles. The number of nitrogens with two attached hydrogens (primary N) is 1. The summed E-state index contributed by atoms with van der Waals surface area (Å²) >= 11 is 1.54. The molecule has 1 aliphatic rings. The van der Waals surface area contributed by atoms with Crippen LogP contribution in [0.1, 0.15) is 13.3 Å². The highest BCUT2D eigenvalue weighted by Gasteiger charge is 2.28. The van der Waals surface area contributed by atoms with Gasteiger partial charge in [0.25, 0.3) is 0 Å². The van der Waals surface area contributed by atoms with E-state index in [2.05, 4.69) is 15.3 Å². The number of nitrogens with one attached hydrogen (secondary N) is 1. The van der Waals surface area contributed by atoms with Crippen molar-refractivity contribution in [3.05, 3.63) is 35.8 Å². The van der Waals surface area contributed by atoms with Crippen molar-refractivity contribution in [2.75, 3.05) is 12.3 Å². The summed E-state index contributed by atoms with van der Waals surface area (Å²) in [4.78, 5) is 20.3. The predicted molar refractivity (Wildman–Crippen MR) is 98.5 cm³/mol. The number of fused-ring (bicyclic) bond motifs is 1. The van der Waals surface area contributed by atoms with Crippen molar-refractivity contribution in [1.29, 1.82) is 0 Å². The third-order valence-corrected chi connectivity index (χ3v) is 5.31. The lowest BCUT2D eigenvalue weighted by Gasteiger charge is -2.20. The first kappa shape index (κ1) is 15.8. The zero-order valence-corrected chi connectivity index (χ0v) is 14.5. The molecule has 0 aliphatic carbocycles. The van der Waals surface area contributed by atoms with Gasteiger partial charge < -0.3 is 15.8 Å². The molecule has 128 valence electrons. The van der Waals surface area contributed by atoms with E-state index in [1.807, 2.05) is 31.2 Å². The molecule has 3 heterocycles. The summed E-state index contributed by atoms with van der Waals surface area (Å²) in [7, 11) is 0. The molecule has 6 nitrogen and oxygen atoms in total. The van der Waals surface area contributed by atoms with Crippen LogP contribution in [-0.4, -0.2) is 28.5 Å². The molecule has 3 N–H and O–H groups in total. The van der Waals surface area contributed by atoms with Crippen molar-refractivity contribution >= 4 is 33.3 Å². The van der Waals surface area contributed by atoms with Crippen molar-refractivity contribution in [2.45, 2.75) is 19.4 Å². The molecular weight excluding hydrogens is 336 g/mol. The average molecular weight is 354 g/mol. The number of carbonyl (C=O) groups is 1. The number of pyridine rings is 1. The Bertz CT molecular complexity index is 940. The number of amides is 1. The number of thiazole rings is 1. The number of nitrogen functional groups attached to an aromatic ring is 1. The molecule has 0 saturated carbocycles. The molecule has 2 atom stereocenters. The van der Waals surface area contributed by atoms with E-state index >= 15 is 0 Å². The molecule has 1 saturated heterocycles. The molecule has 0 bridgehead atoms. The summed E-state index contributed by atoms with van der Waals surface area (Å²) in [5, 5.41) is 2.86. The van der Waals surface area contributed by atoms with Crippen LogP contribution in [0.25, 0.3) is 21.5 Å². The minimum absolute atomic E-state index is 0.0756. The number of anilines is 1. The second-order valence-electron chi connectivity index (χ2n) is 6.21. The van der Waals surface area contributed by atoms with Gasteiger partial charge in [0.2, 0.25) is 5.91 Å². The number of nitrogens with zero attached hydrogens (tertiary/aromatic N) is 2. The zero-order valence-electron chi connectivity index (χ0n) is 13.7. The topological polar surface area (TPSA) is 90.1 Å². The van der Waals surface area contributed by atoms with Crippen LogP contribution in [0.5, 0.6) is 5.75 Å². The molecule has 1 amide bonds. The van der Waals surface area contributed by atoms with E-state index < -0.39 is 0 Å². The van der Waals surface area contributed by atoms with Gasteiger partial charge in [-0.1, -0.05) is 6.07 Å². The van der Waals surface area contributed by atoms with E-state index in [0.717, 1.165) is 27.2 Å². The monoisotopic (exact) mass is 354 g/mol. The van der Waals surface area contributed by atoms with Crippen LogP contribution in [0.15, 0.2) is 35.8 Å². The van der Waals surface area contributed by atoms with Crippen LogP contribution in [0, 0.1) is 5.92 Å². The normalized spacial score (nSPS) is 18.3. The van der Waals surface area contributed by atoms with E-state index in [9.17, 15) is 4.79 Å². The lowest BCUT2D eigenvalue weighted by atomic mass is 10.0.